The Bertz CT molecular complexity index is 197. The summed E-state index contributed by atoms with van der Waals surface area (Å²) in [7, 11) is 1.85. The molecule has 0 aliphatic carbocycles. The van der Waals surface area contributed by atoms with E-state index in [4.69, 9.17) is 10.8 Å². The van der Waals surface area contributed by atoms with Gasteiger partial charge in [0, 0.05) is 6.54 Å². The van der Waals surface area contributed by atoms with Crippen molar-refractivity contribution in [1.82, 2.24) is 4.90 Å². The van der Waals surface area contributed by atoms with Crippen LogP contribution >= 0.6 is 0 Å². The van der Waals surface area contributed by atoms with Gasteiger partial charge in [-0.1, -0.05) is 0 Å². The Morgan fingerprint density at radius 2 is 2.33 bits per heavy atom. The van der Waals surface area contributed by atoms with Crippen molar-refractivity contribution >= 4 is 5.97 Å². The monoisotopic (exact) mass is 174 g/mol. The van der Waals surface area contributed by atoms with Crippen LogP contribution < -0.4 is 5.73 Å². The second kappa shape index (κ2) is 3.01. The lowest BCUT2D eigenvalue weighted by atomic mass is 9.93. The van der Waals surface area contributed by atoms with Gasteiger partial charge in [0.05, 0.1) is 5.54 Å². The fourth-order valence-electron chi connectivity index (χ4n) is 1.53. The molecule has 4 N–H and O–H groups in total. The Hall–Kier alpha value is -0.650. The molecule has 70 valence electrons. The van der Waals surface area contributed by atoms with Crippen molar-refractivity contribution in [3.63, 3.8) is 0 Å². The fraction of sp³-hybridized carbons (Fsp3) is 0.857. The quantitative estimate of drug-likeness (QED) is 0.472. The first-order chi connectivity index (χ1) is 5.46. The van der Waals surface area contributed by atoms with E-state index in [0.29, 0.717) is 13.0 Å². The van der Waals surface area contributed by atoms with Crippen LogP contribution in [0.25, 0.3) is 0 Å². The Kier molecular flexibility index (Phi) is 2.36. The highest BCUT2D eigenvalue weighted by atomic mass is 16.4. The lowest BCUT2D eigenvalue weighted by molar-refractivity contribution is -0.150. The number of hydrogen-bond acceptors (Lipinski definition) is 4. The Morgan fingerprint density at radius 3 is 2.67 bits per heavy atom. The van der Waals surface area contributed by atoms with E-state index in [1.807, 2.05) is 11.9 Å². The van der Waals surface area contributed by atoms with Crippen LogP contribution in [0.3, 0.4) is 0 Å². The molecule has 12 heavy (non-hydrogen) atoms. The molecule has 0 spiro atoms. The molecule has 2 unspecified atom stereocenters. The maximum atomic E-state index is 10.4. The van der Waals surface area contributed by atoms with Crippen molar-refractivity contribution in [2.75, 3.05) is 20.1 Å². The number of nitrogens with zero attached hydrogens (tertiary/aromatic N) is 1. The van der Waals surface area contributed by atoms with Gasteiger partial charge in [-0.15, -0.1) is 0 Å². The van der Waals surface area contributed by atoms with Crippen molar-refractivity contribution in [1.29, 1.82) is 0 Å². The molecular formula is C7H14N2O3. The number of hydrogen-bond donors (Lipinski definition) is 3. The van der Waals surface area contributed by atoms with Crippen molar-refractivity contribution in [3.8, 4) is 0 Å². The van der Waals surface area contributed by atoms with Gasteiger partial charge in [0.2, 0.25) is 0 Å². The first kappa shape index (κ1) is 9.44. The SMILES string of the molecule is CN1CCC(N)(C(O)C(=O)O)C1. The highest BCUT2D eigenvalue weighted by molar-refractivity contribution is 5.74. The van der Waals surface area contributed by atoms with Gasteiger partial charge in [-0.25, -0.2) is 4.79 Å². The van der Waals surface area contributed by atoms with E-state index < -0.39 is 17.6 Å². The molecule has 1 saturated heterocycles. The standard InChI is InChI=1S/C7H14N2O3/c1-9-3-2-7(8,4-9)5(10)6(11)12/h5,10H,2-4,8H2,1H3,(H,11,12). The summed E-state index contributed by atoms with van der Waals surface area (Å²) in [5.41, 5.74) is 4.75. The van der Waals surface area contributed by atoms with Crippen molar-refractivity contribution in [3.05, 3.63) is 0 Å². The Labute approximate surface area is 70.8 Å². The van der Waals surface area contributed by atoms with Crippen molar-refractivity contribution in [2.24, 2.45) is 5.73 Å². The van der Waals surface area contributed by atoms with E-state index in [1.54, 1.807) is 0 Å². The van der Waals surface area contributed by atoms with Crippen LogP contribution in [-0.2, 0) is 4.79 Å². The van der Waals surface area contributed by atoms with E-state index in [9.17, 15) is 9.90 Å². The predicted molar refractivity (Wildman–Crippen MR) is 42.7 cm³/mol. The van der Waals surface area contributed by atoms with Gasteiger partial charge < -0.3 is 20.8 Å². The number of carbonyl (C=O) groups is 1. The molecule has 5 heteroatoms. The average molecular weight is 174 g/mol. The molecule has 1 rings (SSSR count). The Balaban J connectivity index is 2.66. The summed E-state index contributed by atoms with van der Waals surface area (Å²) in [6, 6.07) is 0. The fourth-order valence-corrected chi connectivity index (χ4v) is 1.53. The van der Waals surface area contributed by atoms with Crippen molar-refractivity contribution in [2.45, 2.75) is 18.1 Å². The van der Waals surface area contributed by atoms with Crippen LogP contribution in [0.5, 0.6) is 0 Å². The van der Waals surface area contributed by atoms with Crippen LogP contribution in [0.1, 0.15) is 6.42 Å². The van der Waals surface area contributed by atoms with Gasteiger partial charge in [0.15, 0.2) is 6.10 Å². The minimum absolute atomic E-state index is 0.431. The van der Waals surface area contributed by atoms with Crippen molar-refractivity contribution < 1.29 is 15.0 Å². The molecular weight excluding hydrogens is 160 g/mol. The second-order valence-electron chi connectivity index (χ2n) is 3.46. The predicted octanol–water partition coefficient (Wildman–Crippen LogP) is -1.54. The van der Waals surface area contributed by atoms with Crippen LogP contribution in [0.2, 0.25) is 0 Å². The van der Waals surface area contributed by atoms with E-state index in [-0.39, 0.29) is 0 Å². The van der Waals surface area contributed by atoms with Gasteiger partial charge >= 0.3 is 5.97 Å². The maximum absolute atomic E-state index is 10.4. The zero-order valence-corrected chi connectivity index (χ0v) is 7.03. The zero-order chi connectivity index (χ0) is 9.35. The van der Waals surface area contributed by atoms with E-state index in [2.05, 4.69) is 0 Å². The van der Waals surface area contributed by atoms with Crippen LogP contribution in [0.15, 0.2) is 0 Å². The number of nitrogens with two attached hydrogens (primary N) is 1. The molecule has 0 bridgehead atoms. The molecule has 0 aromatic carbocycles. The maximum Gasteiger partial charge on any atom is 0.334 e. The summed E-state index contributed by atoms with van der Waals surface area (Å²) in [5.74, 6) is -1.24. The van der Waals surface area contributed by atoms with Gasteiger partial charge in [-0.3, -0.25) is 0 Å². The number of aliphatic hydroxyl groups is 1. The third-order valence-corrected chi connectivity index (χ3v) is 2.30. The summed E-state index contributed by atoms with van der Waals surface area (Å²) < 4.78 is 0. The first-order valence-electron chi connectivity index (χ1n) is 3.84. The number of aliphatic hydroxyl groups excluding tert-OH is 1. The van der Waals surface area contributed by atoms with E-state index in [0.717, 1.165) is 6.54 Å². The molecule has 1 fully saturated rings. The summed E-state index contributed by atoms with van der Waals surface area (Å²) in [6.07, 6.45) is -0.931. The molecule has 0 radical (unpaired) electrons. The normalized spacial score (nSPS) is 33.6. The second-order valence-corrected chi connectivity index (χ2v) is 3.46. The first-order valence-corrected chi connectivity index (χ1v) is 3.84. The smallest absolute Gasteiger partial charge is 0.334 e. The summed E-state index contributed by atoms with van der Waals surface area (Å²) in [5, 5.41) is 17.8. The minimum atomic E-state index is -1.46. The summed E-state index contributed by atoms with van der Waals surface area (Å²) in [4.78, 5) is 12.4. The van der Waals surface area contributed by atoms with Gasteiger partial charge in [0.25, 0.3) is 0 Å². The van der Waals surface area contributed by atoms with Crippen LogP contribution in [0.4, 0.5) is 0 Å². The van der Waals surface area contributed by atoms with Gasteiger partial charge in [-0.05, 0) is 20.0 Å². The zero-order valence-electron chi connectivity index (χ0n) is 7.03. The number of likely N-dealkylation sites (tertiary alicyclic amines) is 1. The summed E-state index contributed by atoms with van der Waals surface area (Å²) in [6.45, 7) is 1.17. The van der Waals surface area contributed by atoms with Gasteiger partial charge in [0.1, 0.15) is 0 Å². The molecule has 0 amide bonds. The summed E-state index contributed by atoms with van der Waals surface area (Å²) >= 11 is 0. The number of aliphatic carboxylic acids is 1. The third kappa shape index (κ3) is 1.57. The molecule has 1 heterocycles. The molecule has 1 aliphatic heterocycles. The number of likely N-dealkylation sites (N-methyl/N-ethyl adjacent to an activating group) is 1. The Morgan fingerprint density at radius 1 is 1.75 bits per heavy atom. The average Bonchev–Trinajstić information content (AvgIpc) is 2.31. The molecule has 1 aliphatic rings. The molecule has 0 aromatic heterocycles. The highest BCUT2D eigenvalue weighted by Gasteiger charge is 2.43. The lowest BCUT2D eigenvalue weighted by Gasteiger charge is -2.26. The van der Waals surface area contributed by atoms with Gasteiger partial charge in [-0.2, -0.15) is 0 Å². The largest absolute Gasteiger partial charge is 0.479 e. The number of rotatable bonds is 2. The van der Waals surface area contributed by atoms with Crippen LogP contribution in [-0.4, -0.2) is 52.9 Å². The lowest BCUT2D eigenvalue weighted by Crippen LogP contribution is -2.55. The third-order valence-electron chi connectivity index (χ3n) is 2.30. The molecule has 0 saturated carbocycles. The number of carboxylic acids is 1. The minimum Gasteiger partial charge on any atom is -0.479 e. The molecule has 0 aromatic rings. The molecule has 2 atom stereocenters. The number of carboxylic acid groups (broad SMARTS) is 1. The molecule has 5 nitrogen and oxygen atoms in total. The van der Waals surface area contributed by atoms with E-state index >= 15 is 0 Å². The van der Waals surface area contributed by atoms with Crippen LogP contribution in [0, 0.1) is 0 Å². The highest BCUT2D eigenvalue weighted by Crippen LogP contribution is 2.21. The topological polar surface area (TPSA) is 86.8 Å². The van der Waals surface area contributed by atoms with E-state index in [1.165, 1.54) is 0 Å².